The van der Waals surface area contributed by atoms with Crippen LogP contribution >= 0.6 is 11.6 Å². The second-order valence-electron chi connectivity index (χ2n) is 8.82. The zero-order valence-corrected chi connectivity index (χ0v) is 20.5. The molecule has 3 aromatic carbocycles. The highest BCUT2D eigenvalue weighted by Gasteiger charge is 2.19. The van der Waals surface area contributed by atoms with Crippen LogP contribution in [0.25, 0.3) is 10.9 Å². The Morgan fingerprint density at radius 2 is 1.74 bits per heavy atom. The summed E-state index contributed by atoms with van der Waals surface area (Å²) in [4.78, 5) is 21.2. The van der Waals surface area contributed by atoms with Gasteiger partial charge in [-0.2, -0.15) is 0 Å². The first-order valence-corrected chi connectivity index (χ1v) is 11.8. The molecule has 0 aliphatic rings. The van der Waals surface area contributed by atoms with E-state index in [1.54, 1.807) is 12.1 Å². The third-order valence-corrected chi connectivity index (χ3v) is 6.04. The van der Waals surface area contributed by atoms with Gasteiger partial charge in [0, 0.05) is 28.9 Å². The van der Waals surface area contributed by atoms with Gasteiger partial charge in [-0.05, 0) is 68.4 Å². The van der Waals surface area contributed by atoms with E-state index in [0.717, 1.165) is 35.2 Å². The Morgan fingerprint density at radius 3 is 2.49 bits per heavy atom. The van der Waals surface area contributed by atoms with Crippen molar-refractivity contribution in [1.29, 1.82) is 0 Å². The monoisotopic (exact) mass is 489 g/mol. The molecule has 1 heterocycles. The lowest BCUT2D eigenvalue weighted by atomic mass is 9.97. The summed E-state index contributed by atoms with van der Waals surface area (Å²) in [5.74, 6) is -0.842. The Hall–Kier alpha value is -3.61. The number of hydrogen-bond donors (Lipinski definition) is 3. The highest BCUT2D eigenvalue weighted by atomic mass is 35.5. The zero-order chi connectivity index (χ0) is 24.9. The topological polar surface area (TPSA) is 88.9 Å². The van der Waals surface area contributed by atoms with Crippen LogP contribution in [0.1, 0.15) is 28.7 Å². The first-order chi connectivity index (χ1) is 16.8. The van der Waals surface area contributed by atoms with Crippen LogP contribution in [0.3, 0.4) is 0 Å². The van der Waals surface area contributed by atoms with Crippen molar-refractivity contribution < 1.29 is 15.0 Å². The van der Waals surface area contributed by atoms with Crippen molar-refractivity contribution in [3.63, 3.8) is 0 Å². The number of hydrogen-bond acceptors (Lipinski definition) is 4. The molecule has 0 atom stereocenters. The summed E-state index contributed by atoms with van der Waals surface area (Å²) in [5.41, 5.74) is 5.50. The van der Waals surface area contributed by atoms with E-state index in [1.165, 1.54) is 5.56 Å². The zero-order valence-electron chi connectivity index (χ0n) is 19.8. The number of rotatable bonds is 9. The Morgan fingerprint density at radius 1 is 1.00 bits per heavy atom. The number of likely N-dealkylation sites (N-methyl/N-ethyl adjacent to an activating group) is 1. The van der Waals surface area contributed by atoms with Crippen LogP contribution in [-0.2, 0) is 17.6 Å². The lowest BCUT2D eigenvalue weighted by molar-refractivity contribution is -0.136. The molecule has 6 nitrogen and oxygen atoms in total. The second kappa shape index (κ2) is 10.8. The number of H-pyrrole nitrogens is 1. The molecule has 0 bridgehead atoms. The van der Waals surface area contributed by atoms with Crippen molar-refractivity contribution in [2.75, 3.05) is 20.6 Å². The molecule has 1 aromatic heterocycles. The minimum Gasteiger partial charge on any atom is -0.494 e. The van der Waals surface area contributed by atoms with Crippen molar-refractivity contribution in [3.8, 4) is 5.88 Å². The van der Waals surface area contributed by atoms with Crippen LogP contribution in [0.4, 0.5) is 5.69 Å². The summed E-state index contributed by atoms with van der Waals surface area (Å²) in [6.07, 6.45) is 1.35. The van der Waals surface area contributed by atoms with Gasteiger partial charge in [0.15, 0.2) is 5.88 Å². The summed E-state index contributed by atoms with van der Waals surface area (Å²) in [6, 6.07) is 21.1. The van der Waals surface area contributed by atoms with Crippen molar-refractivity contribution in [2.24, 2.45) is 4.99 Å². The number of aliphatic imine (C=N–C) groups is 1. The number of aryl methyl sites for hydroxylation is 1. The molecular formula is C28H28ClN3O3. The third kappa shape index (κ3) is 6.10. The average Bonchev–Trinajstić information content (AvgIpc) is 3.14. The van der Waals surface area contributed by atoms with E-state index < -0.39 is 5.97 Å². The smallest absolute Gasteiger partial charge is 0.303 e. The minimum atomic E-state index is -0.843. The van der Waals surface area contributed by atoms with Gasteiger partial charge in [-0.1, -0.05) is 48.0 Å². The first kappa shape index (κ1) is 24.5. The number of fused-ring (bicyclic) bond motifs is 1. The summed E-state index contributed by atoms with van der Waals surface area (Å²) >= 11 is 6.17. The summed E-state index contributed by atoms with van der Waals surface area (Å²) in [6.45, 7) is 0.926. The Labute approximate surface area is 209 Å². The van der Waals surface area contributed by atoms with Gasteiger partial charge in [0.05, 0.1) is 22.5 Å². The standard InChI is InChI=1S/C28H28ClN3O3/c1-32(2)14-13-19-6-4-8-22(16-19)30-27(20-7-3-5-18(15-20)9-12-25(33)34)26-23-11-10-21(29)17-24(23)31-28(26)35/h3-8,10-11,15-17,31,35H,9,12-14H2,1-2H3,(H,33,34). The fourth-order valence-corrected chi connectivity index (χ4v) is 4.22. The summed E-state index contributed by atoms with van der Waals surface area (Å²) in [7, 11) is 4.09. The van der Waals surface area contributed by atoms with Gasteiger partial charge in [-0.15, -0.1) is 0 Å². The molecule has 0 unspecified atom stereocenters. The molecule has 35 heavy (non-hydrogen) atoms. The fourth-order valence-electron chi connectivity index (χ4n) is 4.05. The van der Waals surface area contributed by atoms with Gasteiger partial charge in [-0.25, -0.2) is 4.99 Å². The molecule has 0 aliphatic carbocycles. The molecule has 0 amide bonds. The highest BCUT2D eigenvalue weighted by Crippen LogP contribution is 2.33. The molecular weight excluding hydrogens is 462 g/mol. The Balaban J connectivity index is 1.85. The number of aliphatic carboxylic acids is 1. The van der Waals surface area contributed by atoms with Crippen molar-refractivity contribution in [2.45, 2.75) is 19.3 Å². The molecule has 4 rings (SSSR count). The second-order valence-corrected chi connectivity index (χ2v) is 9.25. The Kier molecular flexibility index (Phi) is 7.54. The number of carboxylic acid groups (broad SMARTS) is 1. The lowest BCUT2D eigenvalue weighted by Gasteiger charge is -2.11. The maximum Gasteiger partial charge on any atom is 0.303 e. The molecule has 0 saturated carbocycles. The first-order valence-electron chi connectivity index (χ1n) is 11.4. The maximum atomic E-state index is 11.1. The maximum absolute atomic E-state index is 11.1. The number of carboxylic acids is 1. The molecule has 3 N–H and O–H groups in total. The van der Waals surface area contributed by atoms with Crippen LogP contribution in [-0.4, -0.2) is 52.4 Å². The molecule has 0 radical (unpaired) electrons. The third-order valence-electron chi connectivity index (χ3n) is 5.80. The van der Waals surface area contributed by atoms with Crippen LogP contribution in [0.2, 0.25) is 5.02 Å². The summed E-state index contributed by atoms with van der Waals surface area (Å²) < 4.78 is 0. The summed E-state index contributed by atoms with van der Waals surface area (Å²) in [5, 5.41) is 21.4. The number of aromatic amines is 1. The molecule has 0 spiro atoms. The minimum absolute atomic E-state index is 0.000665. The van der Waals surface area contributed by atoms with Gasteiger partial charge in [0.25, 0.3) is 0 Å². The molecule has 0 aliphatic heterocycles. The van der Waals surface area contributed by atoms with E-state index in [9.17, 15) is 9.90 Å². The predicted molar refractivity (Wildman–Crippen MR) is 141 cm³/mol. The van der Waals surface area contributed by atoms with Gasteiger partial charge in [-0.3, -0.25) is 4.79 Å². The van der Waals surface area contributed by atoms with Gasteiger partial charge in [0.2, 0.25) is 0 Å². The fraction of sp³-hybridized carbons (Fsp3) is 0.214. The van der Waals surface area contributed by atoms with Crippen LogP contribution in [0.15, 0.2) is 71.7 Å². The Bertz CT molecular complexity index is 1390. The number of benzene rings is 3. The molecule has 0 fully saturated rings. The number of nitrogens with zero attached hydrogens (tertiary/aromatic N) is 2. The van der Waals surface area contributed by atoms with E-state index in [-0.39, 0.29) is 12.3 Å². The van der Waals surface area contributed by atoms with E-state index in [1.807, 2.05) is 56.6 Å². The van der Waals surface area contributed by atoms with Gasteiger partial charge in [0.1, 0.15) is 0 Å². The quantitative estimate of drug-likeness (QED) is 0.258. The van der Waals surface area contributed by atoms with Gasteiger partial charge < -0.3 is 20.1 Å². The normalized spacial score (nSPS) is 11.9. The SMILES string of the molecule is CN(C)CCc1cccc(N=C(c2cccc(CCC(=O)O)c2)c2c(O)[nH]c3cc(Cl)ccc23)c1. The molecule has 0 saturated heterocycles. The average molecular weight is 490 g/mol. The van der Waals surface area contributed by atoms with Crippen LogP contribution in [0, 0.1) is 0 Å². The van der Waals surface area contributed by atoms with Crippen molar-refractivity contribution in [3.05, 3.63) is 94.0 Å². The van der Waals surface area contributed by atoms with Gasteiger partial charge >= 0.3 is 5.97 Å². The largest absolute Gasteiger partial charge is 0.494 e. The van der Waals surface area contributed by atoms with E-state index in [2.05, 4.69) is 22.0 Å². The van der Waals surface area contributed by atoms with E-state index in [0.29, 0.717) is 28.2 Å². The molecule has 4 aromatic rings. The van der Waals surface area contributed by atoms with E-state index in [4.69, 9.17) is 21.7 Å². The number of halogens is 1. The molecule has 7 heteroatoms. The number of nitrogens with one attached hydrogen (secondary N) is 1. The number of aromatic nitrogens is 1. The molecule has 180 valence electrons. The lowest BCUT2D eigenvalue weighted by Crippen LogP contribution is -2.14. The van der Waals surface area contributed by atoms with Crippen molar-refractivity contribution >= 4 is 39.9 Å². The highest BCUT2D eigenvalue weighted by molar-refractivity contribution is 6.31. The number of aromatic hydroxyl groups is 1. The predicted octanol–water partition coefficient (Wildman–Crippen LogP) is 5.82. The number of carbonyl (C=O) groups is 1. The van der Waals surface area contributed by atoms with E-state index >= 15 is 0 Å². The van der Waals surface area contributed by atoms with Crippen molar-refractivity contribution in [1.82, 2.24) is 9.88 Å². The van der Waals surface area contributed by atoms with Crippen LogP contribution in [0.5, 0.6) is 5.88 Å². The van der Waals surface area contributed by atoms with Crippen LogP contribution < -0.4 is 0 Å².